The summed E-state index contributed by atoms with van der Waals surface area (Å²) < 4.78 is 5.59. The van der Waals surface area contributed by atoms with Gasteiger partial charge in [0.1, 0.15) is 5.75 Å². The normalized spacial score (nSPS) is 10.6. The van der Waals surface area contributed by atoms with Gasteiger partial charge in [0.15, 0.2) is 5.96 Å². The molecule has 0 bridgehead atoms. The first-order chi connectivity index (χ1) is 8.69. The summed E-state index contributed by atoms with van der Waals surface area (Å²) in [5, 5.41) is 3.24. The zero-order valence-corrected chi connectivity index (χ0v) is 14.5. The molecule has 0 heterocycles. The molecule has 1 rings (SSSR count). The van der Waals surface area contributed by atoms with E-state index in [0.717, 1.165) is 23.8 Å². The van der Waals surface area contributed by atoms with Gasteiger partial charge in [-0.25, -0.2) is 4.99 Å². The van der Waals surface area contributed by atoms with Crippen LogP contribution in [0.4, 0.5) is 0 Å². The van der Waals surface area contributed by atoms with Crippen molar-refractivity contribution in [2.24, 2.45) is 4.99 Å². The van der Waals surface area contributed by atoms with E-state index < -0.39 is 0 Å². The van der Waals surface area contributed by atoms with Crippen molar-refractivity contribution in [2.45, 2.75) is 20.4 Å². The van der Waals surface area contributed by atoms with E-state index in [1.54, 1.807) is 0 Å². The van der Waals surface area contributed by atoms with Gasteiger partial charge in [-0.1, -0.05) is 18.2 Å². The van der Waals surface area contributed by atoms with E-state index in [1.165, 1.54) is 0 Å². The summed E-state index contributed by atoms with van der Waals surface area (Å²) in [6.07, 6.45) is 0. The summed E-state index contributed by atoms with van der Waals surface area (Å²) in [5.41, 5.74) is 1.11. The van der Waals surface area contributed by atoms with Crippen LogP contribution in [-0.4, -0.2) is 38.1 Å². The Balaban J connectivity index is 0.00000324. The van der Waals surface area contributed by atoms with Crippen molar-refractivity contribution in [2.75, 3.05) is 27.2 Å². The van der Waals surface area contributed by atoms with E-state index in [1.807, 2.05) is 50.2 Å². The molecular formula is C14H24IN3O. The highest BCUT2D eigenvalue weighted by molar-refractivity contribution is 14.0. The molecule has 0 saturated heterocycles. The van der Waals surface area contributed by atoms with Crippen molar-refractivity contribution >= 4 is 29.9 Å². The number of guanidine groups is 1. The molecule has 0 amide bonds. The van der Waals surface area contributed by atoms with Crippen molar-refractivity contribution < 1.29 is 4.74 Å². The van der Waals surface area contributed by atoms with Gasteiger partial charge in [0, 0.05) is 26.2 Å². The zero-order chi connectivity index (χ0) is 13.4. The summed E-state index contributed by atoms with van der Waals surface area (Å²) in [6.45, 7) is 6.21. The molecule has 1 N–H and O–H groups in total. The maximum Gasteiger partial charge on any atom is 0.193 e. The Morgan fingerprint density at radius 3 is 2.53 bits per heavy atom. The van der Waals surface area contributed by atoms with Gasteiger partial charge < -0.3 is 15.0 Å². The lowest BCUT2D eigenvalue weighted by molar-refractivity contribution is 0.336. The maximum absolute atomic E-state index is 5.59. The van der Waals surface area contributed by atoms with Crippen molar-refractivity contribution in [1.29, 1.82) is 0 Å². The number of halogens is 1. The molecule has 108 valence electrons. The quantitative estimate of drug-likeness (QED) is 0.487. The first kappa shape index (κ1) is 18.0. The van der Waals surface area contributed by atoms with E-state index in [9.17, 15) is 0 Å². The van der Waals surface area contributed by atoms with E-state index in [4.69, 9.17) is 4.74 Å². The smallest absolute Gasteiger partial charge is 0.193 e. The fourth-order valence-corrected chi connectivity index (χ4v) is 1.60. The minimum absolute atomic E-state index is 0. The van der Waals surface area contributed by atoms with Crippen LogP contribution in [0.3, 0.4) is 0 Å². The van der Waals surface area contributed by atoms with Gasteiger partial charge >= 0.3 is 0 Å². The Morgan fingerprint density at radius 2 is 1.95 bits per heavy atom. The number of aliphatic imine (C=N–C) groups is 1. The van der Waals surface area contributed by atoms with E-state index in [-0.39, 0.29) is 24.0 Å². The molecule has 0 spiro atoms. The number of nitrogens with zero attached hydrogens (tertiary/aromatic N) is 2. The number of ether oxygens (including phenoxy) is 1. The highest BCUT2D eigenvalue weighted by Gasteiger charge is 2.03. The third kappa shape index (κ3) is 6.13. The largest absolute Gasteiger partial charge is 0.494 e. The molecule has 0 aromatic heterocycles. The van der Waals surface area contributed by atoms with Crippen LogP contribution in [0.5, 0.6) is 5.75 Å². The number of para-hydroxylation sites is 1. The van der Waals surface area contributed by atoms with Crippen LogP contribution < -0.4 is 10.1 Å². The predicted molar refractivity (Wildman–Crippen MR) is 91.5 cm³/mol. The molecule has 0 aliphatic heterocycles. The predicted octanol–water partition coefficient (Wildman–Crippen LogP) is 2.73. The minimum atomic E-state index is 0. The molecule has 0 fully saturated rings. The molecule has 0 saturated carbocycles. The standard InChI is InChI=1S/C14H23N3O.HI/c1-5-15-14(17(3)4)16-11-12-9-7-8-10-13(12)18-6-2;/h7-10H,5-6,11H2,1-4H3,(H,15,16);1H. The summed E-state index contributed by atoms with van der Waals surface area (Å²) in [6, 6.07) is 8.02. The van der Waals surface area contributed by atoms with Crippen LogP contribution in [0.25, 0.3) is 0 Å². The maximum atomic E-state index is 5.59. The van der Waals surface area contributed by atoms with Gasteiger partial charge in [0.2, 0.25) is 0 Å². The monoisotopic (exact) mass is 377 g/mol. The number of rotatable bonds is 5. The van der Waals surface area contributed by atoms with Crippen molar-refractivity contribution in [3.8, 4) is 5.75 Å². The van der Waals surface area contributed by atoms with Gasteiger partial charge in [0.25, 0.3) is 0 Å². The van der Waals surface area contributed by atoms with E-state index >= 15 is 0 Å². The topological polar surface area (TPSA) is 36.9 Å². The lowest BCUT2D eigenvalue weighted by Crippen LogP contribution is -2.36. The van der Waals surface area contributed by atoms with Gasteiger partial charge in [-0.3, -0.25) is 0 Å². The molecule has 0 aliphatic rings. The van der Waals surface area contributed by atoms with Gasteiger partial charge in [-0.05, 0) is 19.9 Å². The fourth-order valence-electron chi connectivity index (χ4n) is 1.60. The first-order valence-corrected chi connectivity index (χ1v) is 6.35. The molecule has 5 heteroatoms. The van der Waals surface area contributed by atoms with E-state index in [2.05, 4.69) is 17.2 Å². The lowest BCUT2D eigenvalue weighted by Gasteiger charge is -2.17. The van der Waals surface area contributed by atoms with Crippen molar-refractivity contribution in [3.05, 3.63) is 29.8 Å². The Kier molecular flexibility index (Phi) is 9.38. The highest BCUT2D eigenvalue weighted by Crippen LogP contribution is 2.18. The molecule has 1 aromatic carbocycles. The second-order valence-corrected chi connectivity index (χ2v) is 4.11. The molecule has 0 atom stereocenters. The zero-order valence-electron chi connectivity index (χ0n) is 12.1. The molecular weight excluding hydrogens is 353 g/mol. The van der Waals surface area contributed by atoms with Crippen LogP contribution in [-0.2, 0) is 6.54 Å². The van der Waals surface area contributed by atoms with Crippen molar-refractivity contribution in [1.82, 2.24) is 10.2 Å². The third-order valence-corrected chi connectivity index (χ3v) is 2.43. The summed E-state index contributed by atoms with van der Waals surface area (Å²) in [7, 11) is 3.96. The molecule has 0 aliphatic carbocycles. The average Bonchev–Trinajstić information content (AvgIpc) is 2.36. The molecule has 19 heavy (non-hydrogen) atoms. The lowest BCUT2D eigenvalue weighted by atomic mass is 10.2. The molecule has 1 aromatic rings. The van der Waals surface area contributed by atoms with Gasteiger partial charge in [0.05, 0.1) is 13.2 Å². The summed E-state index contributed by atoms with van der Waals surface area (Å²) in [5.74, 6) is 1.81. The van der Waals surface area contributed by atoms with Gasteiger partial charge in [-0.15, -0.1) is 24.0 Å². The van der Waals surface area contributed by atoms with Crippen LogP contribution in [0.1, 0.15) is 19.4 Å². The molecule has 0 unspecified atom stereocenters. The van der Waals surface area contributed by atoms with Crippen molar-refractivity contribution in [3.63, 3.8) is 0 Å². The first-order valence-electron chi connectivity index (χ1n) is 6.35. The Morgan fingerprint density at radius 1 is 1.26 bits per heavy atom. The molecule has 0 radical (unpaired) electrons. The Labute approximate surface area is 133 Å². The summed E-state index contributed by atoms with van der Waals surface area (Å²) >= 11 is 0. The van der Waals surface area contributed by atoms with Gasteiger partial charge in [-0.2, -0.15) is 0 Å². The minimum Gasteiger partial charge on any atom is -0.494 e. The third-order valence-electron chi connectivity index (χ3n) is 2.43. The second-order valence-electron chi connectivity index (χ2n) is 4.11. The van der Waals surface area contributed by atoms with Crippen LogP contribution in [0.2, 0.25) is 0 Å². The number of hydrogen-bond acceptors (Lipinski definition) is 2. The highest BCUT2D eigenvalue weighted by atomic mass is 127. The van der Waals surface area contributed by atoms with E-state index in [0.29, 0.717) is 13.2 Å². The molecule has 4 nitrogen and oxygen atoms in total. The van der Waals surface area contributed by atoms with Crippen LogP contribution in [0, 0.1) is 0 Å². The van der Waals surface area contributed by atoms with Crippen LogP contribution in [0.15, 0.2) is 29.3 Å². The number of nitrogens with one attached hydrogen (secondary N) is 1. The SMILES string of the molecule is CCNC(=NCc1ccccc1OCC)N(C)C.I. The fraction of sp³-hybridized carbons (Fsp3) is 0.500. The van der Waals surface area contributed by atoms with Crippen LogP contribution >= 0.6 is 24.0 Å². The second kappa shape index (κ2) is 9.89. The average molecular weight is 377 g/mol. The number of benzene rings is 1. The Bertz CT molecular complexity index is 394. The number of hydrogen-bond donors (Lipinski definition) is 1. The summed E-state index contributed by atoms with van der Waals surface area (Å²) in [4.78, 5) is 6.56. The Hall–Kier alpha value is -0.980.